The summed E-state index contributed by atoms with van der Waals surface area (Å²) >= 11 is 0. The first-order chi connectivity index (χ1) is 5.86. The third-order valence-corrected chi connectivity index (χ3v) is 3.57. The molecule has 0 saturated heterocycles. The van der Waals surface area contributed by atoms with Crippen LogP contribution in [0.3, 0.4) is 0 Å². The minimum Gasteiger partial charge on any atom is -0.0995 e. The van der Waals surface area contributed by atoms with E-state index in [-0.39, 0.29) is 0 Å². The molecule has 2 fully saturated rings. The third kappa shape index (κ3) is 2.12. The molecule has 0 bridgehead atoms. The summed E-state index contributed by atoms with van der Waals surface area (Å²) in [6.45, 7) is 4.00. The van der Waals surface area contributed by atoms with Gasteiger partial charge >= 0.3 is 0 Å². The predicted octanol–water partition coefficient (Wildman–Crippen LogP) is 3.92. The van der Waals surface area contributed by atoms with Gasteiger partial charge in [-0.25, -0.2) is 0 Å². The van der Waals surface area contributed by atoms with Crippen molar-refractivity contribution >= 4 is 0 Å². The summed E-state index contributed by atoms with van der Waals surface area (Å²) in [5.41, 5.74) is 1.52. The Bertz CT molecular complexity index is 163. The summed E-state index contributed by atoms with van der Waals surface area (Å²) in [6, 6.07) is 0. The quantitative estimate of drug-likeness (QED) is 0.552. The summed E-state index contributed by atoms with van der Waals surface area (Å²) in [5, 5.41) is 0. The van der Waals surface area contributed by atoms with Gasteiger partial charge in [0.05, 0.1) is 0 Å². The molecular formula is C12H20. The molecule has 2 saturated carbocycles. The molecule has 2 rings (SSSR count). The molecule has 0 nitrogen and oxygen atoms in total. The van der Waals surface area contributed by atoms with Gasteiger partial charge in [0.25, 0.3) is 0 Å². The molecule has 0 radical (unpaired) electrons. The number of hydrogen-bond acceptors (Lipinski definition) is 0. The fourth-order valence-electron chi connectivity index (χ4n) is 2.52. The minimum absolute atomic E-state index is 0.936. The van der Waals surface area contributed by atoms with E-state index in [0.29, 0.717) is 0 Å². The molecule has 1 unspecified atom stereocenters. The maximum absolute atomic E-state index is 4.00. The second kappa shape index (κ2) is 3.64. The van der Waals surface area contributed by atoms with Crippen LogP contribution in [0, 0.1) is 11.8 Å². The first kappa shape index (κ1) is 8.34. The van der Waals surface area contributed by atoms with E-state index < -0.39 is 0 Å². The molecular weight excluding hydrogens is 144 g/mol. The SMILES string of the molecule is C=C1CC1CCCC1CCCC1. The van der Waals surface area contributed by atoms with Crippen LogP contribution in [0.2, 0.25) is 0 Å². The maximum Gasteiger partial charge on any atom is -0.0168 e. The van der Waals surface area contributed by atoms with Gasteiger partial charge in [-0.1, -0.05) is 50.7 Å². The van der Waals surface area contributed by atoms with Crippen LogP contribution >= 0.6 is 0 Å². The standard InChI is InChI=1S/C12H20/c1-10-9-12(10)8-4-7-11-5-2-3-6-11/h11-12H,1-9H2. The van der Waals surface area contributed by atoms with Crippen LogP contribution in [0.15, 0.2) is 12.2 Å². The zero-order chi connectivity index (χ0) is 8.39. The Balaban J connectivity index is 1.53. The smallest absolute Gasteiger partial charge is 0.0168 e. The van der Waals surface area contributed by atoms with Gasteiger partial charge in [0.1, 0.15) is 0 Å². The molecule has 0 heterocycles. The second-order valence-corrected chi connectivity index (χ2v) is 4.64. The first-order valence-electron chi connectivity index (χ1n) is 5.54. The Labute approximate surface area is 76.1 Å². The molecule has 2 aliphatic carbocycles. The molecule has 0 aromatic carbocycles. The zero-order valence-corrected chi connectivity index (χ0v) is 8.02. The minimum atomic E-state index is 0.936. The largest absolute Gasteiger partial charge is 0.0995 e. The highest BCUT2D eigenvalue weighted by Gasteiger charge is 2.26. The summed E-state index contributed by atoms with van der Waals surface area (Å²) in [5.74, 6) is 2.03. The van der Waals surface area contributed by atoms with Gasteiger partial charge in [-0.15, -0.1) is 0 Å². The molecule has 1 atom stereocenters. The fraction of sp³-hybridized carbons (Fsp3) is 0.833. The van der Waals surface area contributed by atoms with Crippen LogP contribution in [-0.2, 0) is 0 Å². The maximum atomic E-state index is 4.00. The summed E-state index contributed by atoms with van der Waals surface area (Å²) < 4.78 is 0. The van der Waals surface area contributed by atoms with Gasteiger partial charge in [-0.2, -0.15) is 0 Å². The van der Waals surface area contributed by atoms with Crippen molar-refractivity contribution in [2.75, 3.05) is 0 Å². The van der Waals surface area contributed by atoms with Crippen molar-refractivity contribution in [2.24, 2.45) is 11.8 Å². The van der Waals surface area contributed by atoms with Crippen molar-refractivity contribution in [1.29, 1.82) is 0 Å². The topological polar surface area (TPSA) is 0 Å². The summed E-state index contributed by atoms with van der Waals surface area (Å²) in [7, 11) is 0. The average molecular weight is 164 g/mol. The molecule has 0 heteroatoms. The monoisotopic (exact) mass is 164 g/mol. The van der Waals surface area contributed by atoms with Crippen molar-refractivity contribution in [3.05, 3.63) is 12.2 Å². The Kier molecular flexibility index (Phi) is 2.53. The predicted molar refractivity (Wildman–Crippen MR) is 53.1 cm³/mol. The van der Waals surface area contributed by atoms with E-state index in [0.717, 1.165) is 11.8 Å². The highest BCUT2D eigenvalue weighted by molar-refractivity contribution is 5.18. The van der Waals surface area contributed by atoms with E-state index in [1.807, 2.05) is 0 Å². The molecule has 12 heavy (non-hydrogen) atoms. The molecule has 0 N–H and O–H groups in total. The fourth-order valence-corrected chi connectivity index (χ4v) is 2.52. The van der Waals surface area contributed by atoms with Crippen molar-refractivity contribution in [3.63, 3.8) is 0 Å². The average Bonchev–Trinajstić information content (AvgIpc) is 2.58. The van der Waals surface area contributed by atoms with E-state index in [4.69, 9.17) is 0 Å². The zero-order valence-electron chi connectivity index (χ0n) is 8.02. The lowest BCUT2D eigenvalue weighted by atomic mass is 9.99. The van der Waals surface area contributed by atoms with Crippen molar-refractivity contribution in [2.45, 2.75) is 51.4 Å². The Hall–Kier alpha value is -0.260. The van der Waals surface area contributed by atoms with Crippen LogP contribution < -0.4 is 0 Å². The molecule has 0 amide bonds. The van der Waals surface area contributed by atoms with E-state index in [1.165, 1.54) is 56.9 Å². The molecule has 0 spiro atoms. The molecule has 0 aromatic rings. The molecule has 0 aliphatic heterocycles. The van der Waals surface area contributed by atoms with Crippen LogP contribution in [0.4, 0.5) is 0 Å². The van der Waals surface area contributed by atoms with Gasteiger partial charge in [0.2, 0.25) is 0 Å². The van der Waals surface area contributed by atoms with Crippen molar-refractivity contribution < 1.29 is 0 Å². The van der Waals surface area contributed by atoms with E-state index in [1.54, 1.807) is 0 Å². The number of allylic oxidation sites excluding steroid dienone is 1. The highest BCUT2D eigenvalue weighted by atomic mass is 14.3. The van der Waals surface area contributed by atoms with Gasteiger partial charge in [0, 0.05) is 0 Å². The third-order valence-electron chi connectivity index (χ3n) is 3.57. The summed E-state index contributed by atoms with van der Waals surface area (Å²) in [6.07, 6.45) is 11.8. The second-order valence-electron chi connectivity index (χ2n) is 4.64. The molecule has 2 aliphatic rings. The van der Waals surface area contributed by atoms with Gasteiger partial charge in [-0.3, -0.25) is 0 Å². The van der Waals surface area contributed by atoms with E-state index in [9.17, 15) is 0 Å². The molecule has 0 aromatic heterocycles. The van der Waals surface area contributed by atoms with Crippen LogP contribution in [-0.4, -0.2) is 0 Å². The summed E-state index contributed by atoms with van der Waals surface area (Å²) in [4.78, 5) is 0. The normalized spacial score (nSPS) is 29.7. The lowest BCUT2D eigenvalue weighted by Gasteiger charge is -2.06. The van der Waals surface area contributed by atoms with Crippen molar-refractivity contribution in [3.8, 4) is 0 Å². The van der Waals surface area contributed by atoms with Crippen LogP contribution in [0.5, 0.6) is 0 Å². The Morgan fingerprint density at radius 3 is 2.42 bits per heavy atom. The van der Waals surface area contributed by atoms with Crippen molar-refractivity contribution in [1.82, 2.24) is 0 Å². The van der Waals surface area contributed by atoms with Crippen LogP contribution in [0.1, 0.15) is 51.4 Å². The number of hydrogen-bond donors (Lipinski definition) is 0. The van der Waals surface area contributed by atoms with Gasteiger partial charge in [-0.05, 0) is 24.7 Å². The van der Waals surface area contributed by atoms with E-state index in [2.05, 4.69) is 6.58 Å². The Morgan fingerprint density at radius 2 is 1.83 bits per heavy atom. The van der Waals surface area contributed by atoms with Crippen LogP contribution in [0.25, 0.3) is 0 Å². The lowest BCUT2D eigenvalue weighted by Crippen LogP contribution is -1.92. The van der Waals surface area contributed by atoms with Gasteiger partial charge in [0.15, 0.2) is 0 Å². The van der Waals surface area contributed by atoms with E-state index >= 15 is 0 Å². The highest BCUT2D eigenvalue weighted by Crippen LogP contribution is 2.40. The lowest BCUT2D eigenvalue weighted by molar-refractivity contribution is 0.466. The van der Waals surface area contributed by atoms with Gasteiger partial charge < -0.3 is 0 Å². The first-order valence-corrected chi connectivity index (χ1v) is 5.54. The Morgan fingerprint density at radius 1 is 1.17 bits per heavy atom. The molecule has 68 valence electrons. The number of rotatable bonds is 4.